The first kappa shape index (κ1) is 19.1. The molecule has 1 aliphatic rings. The lowest BCUT2D eigenvalue weighted by Gasteiger charge is -2.31. The number of halogens is 2. The maximum atomic E-state index is 14.4. The Morgan fingerprint density at radius 2 is 2.03 bits per heavy atom. The highest BCUT2D eigenvalue weighted by atomic mass is 19.2. The molecule has 0 fully saturated rings. The van der Waals surface area contributed by atoms with E-state index in [0.717, 1.165) is 22.7 Å². The molecule has 31 heavy (non-hydrogen) atoms. The van der Waals surface area contributed by atoms with Crippen LogP contribution in [-0.2, 0) is 0 Å². The van der Waals surface area contributed by atoms with Crippen LogP contribution in [0, 0.1) is 11.6 Å². The van der Waals surface area contributed by atoms with Crippen LogP contribution in [-0.4, -0.2) is 38.7 Å². The van der Waals surface area contributed by atoms with Gasteiger partial charge < -0.3 is 20.1 Å². The minimum Gasteiger partial charge on any atom is -0.490 e. The number of benzene rings is 1. The lowest BCUT2D eigenvalue weighted by molar-refractivity contribution is 0.0481. The Labute approximate surface area is 174 Å². The molecule has 156 valence electrons. The monoisotopic (exact) mass is 422 g/mol. The van der Waals surface area contributed by atoms with Crippen molar-refractivity contribution in [1.82, 2.24) is 20.3 Å². The molecule has 0 spiro atoms. The first-order valence-electron chi connectivity index (χ1n) is 9.51. The molecular weight excluding hydrogens is 406 g/mol. The van der Waals surface area contributed by atoms with E-state index in [0.29, 0.717) is 5.69 Å². The molecule has 1 amide bonds. The van der Waals surface area contributed by atoms with Gasteiger partial charge in [-0.1, -0.05) is 0 Å². The molecule has 1 aliphatic heterocycles. The van der Waals surface area contributed by atoms with Crippen LogP contribution in [0.15, 0.2) is 55.0 Å². The first-order chi connectivity index (χ1) is 15.0. The fourth-order valence-corrected chi connectivity index (χ4v) is 3.69. The third-order valence-corrected chi connectivity index (χ3v) is 5.25. The minimum atomic E-state index is -1.24. The number of aromatic nitrogens is 3. The molecule has 7 nitrogen and oxygen atoms in total. The Kier molecular flexibility index (Phi) is 4.59. The van der Waals surface area contributed by atoms with E-state index < -0.39 is 29.7 Å². The third kappa shape index (κ3) is 3.28. The van der Waals surface area contributed by atoms with Crippen molar-refractivity contribution in [2.75, 3.05) is 6.61 Å². The summed E-state index contributed by atoms with van der Waals surface area (Å²) in [5.74, 6) is -2.75. The Morgan fingerprint density at radius 3 is 2.84 bits per heavy atom. The van der Waals surface area contributed by atoms with Crippen LogP contribution in [0.3, 0.4) is 0 Å². The van der Waals surface area contributed by atoms with Crippen molar-refractivity contribution >= 4 is 16.9 Å². The molecule has 0 saturated heterocycles. The number of rotatable bonds is 3. The number of carbonyl (C=O) groups excluding carboxylic acids is 1. The standard InChI is InChI=1S/C22H16F2N4O3/c23-14-2-4-17-18(19(14)24)20(16(29)10-31-17)28-22(30)11-1-3-15(27-9-11)12-5-7-25-21-13(12)6-8-26-21/h1-9,16,20,29H,10H2,(H,25,26)(H,28,30)/t16-,20-/m0/s1. The lowest BCUT2D eigenvalue weighted by atomic mass is 9.97. The smallest absolute Gasteiger partial charge is 0.253 e. The fraction of sp³-hybridized carbons (Fsp3) is 0.136. The molecular formula is C22H16F2N4O3. The summed E-state index contributed by atoms with van der Waals surface area (Å²) in [5.41, 5.74) is 2.21. The molecule has 0 saturated carbocycles. The van der Waals surface area contributed by atoms with Gasteiger partial charge in [-0.3, -0.25) is 9.78 Å². The summed E-state index contributed by atoms with van der Waals surface area (Å²) >= 11 is 0. The maximum absolute atomic E-state index is 14.4. The second-order valence-electron chi connectivity index (χ2n) is 7.13. The van der Waals surface area contributed by atoms with E-state index in [1.807, 2.05) is 12.1 Å². The second-order valence-corrected chi connectivity index (χ2v) is 7.13. The summed E-state index contributed by atoms with van der Waals surface area (Å²) in [7, 11) is 0. The Morgan fingerprint density at radius 1 is 1.16 bits per heavy atom. The van der Waals surface area contributed by atoms with Crippen molar-refractivity contribution in [2.24, 2.45) is 0 Å². The molecule has 3 N–H and O–H groups in total. The van der Waals surface area contributed by atoms with E-state index in [1.54, 1.807) is 24.5 Å². The zero-order valence-corrected chi connectivity index (χ0v) is 16.0. The number of H-pyrrole nitrogens is 1. The van der Waals surface area contributed by atoms with E-state index in [-0.39, 0.29) is 23.5 Å². The Hall–Kier alpha value is -3.85. The number of nitrogens with zero attached hydrogens (tertiary/aromatic N) is 2. The van der Waals surface area contributed by atoms with Gasteiger partial charge in [0.25, 0.3) is 5.91 Å². The highest BCUT2D eigenvalue weighted by Gasteiger charge is 2.35. The van der Waals surface area contributed by atoms with Crippen LogP contribution in [0.25, 0.3) is 22.3 Å². The van der Waals surface area contributed by atoms with Gasteiger partial charge in [0.15, 0.2) is 11.6 Å². The van der Waals surface area contributed by atoms with Crippen LogP contribution in [0.4, 0.5) is 8.78 Å². The summed E-state index contributed by atoms with van der Waals surface area (Å²) in [4.78, 5) is 24.4. The Bertz CT molecular complexity index is 1290. The summed E-state index contributed by atoms with van der Waals surface area (Å²) in [6, 6.07) is 8.02. The largest absolute Gasteiger partial charge is 0.490 e. The van der Waals surface area contributed by atoms with Gasteiger partial charge in [0.2, 0.25) is 0 Å². The quantitative estimate of drug-likeness (QED) is 0.471. The first-order valence-corrected chi connectivity index (χ1v) is 9.51. The van der Waals surface area contributed by atoms with Gasteiger partial charge in [-0.2, -0.15) is 0 Å². The number of aliphatic hydroxyl groups is 1. The summed E-state index contributed by atoms with van der Waals surface area (Å²) in [5, 5.41) is 13.7. The molecule has 0 radical (unpaired) electrons. The molecule has 4 aromatic rings. The van der Waals surface area contributed by atoms with E-state index >= 15 is 0 Å². The van der Waals surface area contributed by atoms with E-state index in [4.69, 9.17) is 4.74 Å². The number of hydrogen-bond donors (Lipinski definition) is 3. The van der Waals surface area contributed by atoms with Gasteiger partial charge >= 0.3 is 0 Å². The Balaban J connectivity index is 1.42. The van der Waals surface area contributed by atoms with Gasteiger partial charge in [-0.25, -0.2) is 13.8 Å². The van der Waals surface area contributed by atoms with Gasteiger partial charge in [0, 0.05) is 29.5 Å². The summed E-state index contributed by atoms with van der Waals surface area (Å²) in [6.07, 6.45) is 3.59. The number of nitrogens with one attached hydrogen (secondary N) is 2. The maximum Gasteiger partial charge on any atom is 0.253 e. The van der Waals surface area contributed by atoms with Crippen LogP contribution in [0.1, 0.15) is 22.0 Å². The normalized spacial score (nSPS) is 17.8. The molecule has 1 aromatic carbocycles. The van der Waals surface area contributed by atoms with Crippen molar-refractivity contribution in [1.29, 1.82) is 0 Å². The third-order valence-electron chi connectivity index (χ3n) is 5.25. The lowest BCUT2D eigenvalue weighted by Crippen LogP contribution is -2.42. The van der Waals surface area contributed by atoms with Gasteiger partial charge in [-0.15, -0.1) is 0 Å². The summed E-state index contributed by atoms with van der Waals surface area (Å²) < 4.78 is 33.3. The summed E-state index contributed by atoms with van der Waals surface area (Å²) in [6.45, 7) is -0.158. The number of fused-ring (bicyclic) bond motifs is 2. The molecule has 0 unspecified atom stereocenters. The zero-order valence-electron chi connectivity index (χ0n) is 16.0. The predicted molar refractivity (Wildman–Crippen MR) is 107 cm³/mol. The topological polar surface area (TPSA) is 100 Å². The molecule has 0 aliphatic carbocycles. The van der Waals surface area contributed by atoms with Crippen LogP contribution in [0.2, 0.25) is 0 Å². The van der Waals surface area contributed by atoms with E-state index in [9.17, 15) is 18.7 Å². The van der Waals surface area contributed by atoms with Crippen molar-refractivity contribution < 1.29 is 23.4 Å². The van der Waals surface area contributed by atoms with Crippen LogP contribution >= 0.6 is 0 Å². The number of aliphatic hydroxyl groups excluding tert-OH is 1. The van der Waals surface area contributed by atoms with Crippen LogP contribution < -0.4 is 10.1 Å². The highest BCUT2D eigenvalue weighted by Crippen LogP contribution is 2.35. The molecule has 4 heterocycles. The van der Waals surface area contributed by atoms with Gasteiger partial charge in [0.1, 0.15) is 24.1 Å². The fourth-order valence-electron chi connectivity index (χ4n) is 3.69. The molecule has 9 heteroatoms. The van der Waals surface area contributed by atoms with Crippen LogP contribution in [0.5, 0.6) is 5.75 Å². The van der Waals surface area contributed by atoms with Crippen molar-refractivity contribution in [3.8, 4) is 17.0 Å². The van der Waals surface area contributed by atoms with E-state index in [1.165, 1.54) is 12.3 Å². The number of ether oxygens (including phenoxy) is 1. The number of pyridine rings is 2. The van der Waals surface area contributed by atoms with Gasteiger partial charge in [-0.05, 0) is 36.4 Å². The SMILES string of the molecule is O=C(N[C@@H]1c2c(ccc(F)c2F)OC[C@@H]1O)c1ccc(-c2ccnc3[nH]ccc23)nc1. The van der Waals surface area contributed by atoms with Gasteiger partial charge in [0.05, 0.1) is 22.9 Å². The molecule has 5 rings (SSSR count). The average molecular weight is 422 g/mol. The van der Waals surface area contributed by atoms with Crippen molar-refractivity contribution in [3.05, 3.63) is 77.8 Å². The molecule has 2 atom stereocenters. The number of carbonyl (C=O) groups is 1. The minimum absolute atomic E-state index is 0.0798. The van der Waals surface area contributed by atoms with Crippen molar-refractivity contribution in [3.63, 3.8) is 0 Å². The predicted octanol–water partition coefficient (Wildman–Crippen LogP) is 3.13. The molecule has 0 bridgehead atoms. The number of hydrogen-bond acceptors (Lipinski definition) is 5. The average Bonchev–Trinajstić information content (AvgIpc) is 3.27. The number of aromatic amines is 1. The van der Waals surface area contributed by atoms with E-state index in [2.05, 4.69) is 20.3 Å². The zero-order chi connectivity index (χ0) is 21.5. The number of amides is 1. The highest BCUT2D eigenvalue weighted by molar-refractivity contribution is 5.95. The van der Waals surface area contributed by atoms with Crippen molar-refractivity contribution in [2.45, 2.75) is 12.1 Å². The molecule has 3 aromatic heterocycles. The second kappa shape index (κ2) is 7.44.